The number of nitrogens with two attached hydrogens (primary N) is 1. The highest BCUT2D eigenvalue weighted by atomic mass is 16.6. The van der Waals surface area contributed by atoms with Crippen LogP contribution in [0.5, 0.6) is 0 Å². The molecule has 0 aliphatic heterocycles. The molecule has 9 nitrogen and oxygen atoms in total. The van der Waals surface area contributed by atoms with E-state index in [0.717, 1.165) is 12.8 Å². The maximum absolute atomic E-state index is 13.8. The first kappa shape index (κ1) is 27.1. The van der Waals surface area contributed by atoms with Crippen LogP contribution in [0.2, 0.25) is 0 Å². The highest BCUT2D eigenvalue weighted by molar-refractivity contribution is 5.95. The number of carbonyl (C=O) groups excluding carboxylic acids is 4. The predicted octanol–water partition coefficient (Wildman–Crippen LogP) is 2.65. The Morgan fingerprint density at radius 3 is 2.29 bits per heavy atom. The Kier molecular flexibility index (Phi) is 9.46. The average Bonchev–Trinajstić information content (AvgIpc) is 3.45. The van der Waals surface area contributed by atoms with Crippen LogP contribution < -0.4 is 16.4 Å². The fourth-order valence-electron chi connectivity index (χ4n) is 3.76. The number of benzene rings is 1. The molecule has 1 fully saturated rings. The van der Waals surface area contributed by atoms with E-state index in [4.69, 9.17) is 10.5 Å². The molecule has 2 rings (SSSR count). The molecule has 4 N–H and O–H groups in total. The minimum Gasteiger partial charge on any atom is -0.444 e. The molecule has 1 aromatic rings. The molecule has 4 unspecified atom stereocenters. The maximum atomic E-state index is 13.8. The van der Waals surface area contributed by atoms with Gasteiger partial charge in [-0.1, -0.05) is 50.6 Å². The molecule has 188 valence electrons. The van der Waals surface area contributed by atoms with Crippen LogP contribution in [0.3, 0.4) is 0 Å². The lowest BCUT2D eigenvalue weighted by Crippen LogP contribution is -2.55. The Morgan fingerprint density at radius 2 is 1.79 bits per heavy atom. The normalized spacial score (nSPS) is 18.9. The number of nitrogens with zero attached hydrogens (tertiary/aromatic N) is 1. The van der Waals surface area contributed by atoms with Crippen LogP contribution >= 0.6 is 0 Å². The lowest BCUT2D eigenvalue weighted by molar-refractivity contribution is -0.144. The van der Waals surface area contributed by atoms with Gasteiger partial charge in [0, 0.05) is 12.6 Å². The van der Waals surface area contributed by atoms with Crippen LogP contribution in [0.25, 0.3) is 0 Å². The number of hydrogen-bond donors (Lipinski definition) is 3. The van der Waals surface area contributed by atoms with Crippen molar-refractivity contribution in [2.45, 2.75) is 84.0 Å². The minimum absolute atomic E-state index is 0.175. The van der Waals surface area contributed by atoms with Gasteiger partial charge in [0.2, 0.25) is 17.7 Å². The third-order valence-electron chi connectivity index (χ3n) is 5.54. The van der Waals surface area contributed by atoms with Gasteiger partial charge in [-0.2, -0.15) is 0 Å². The molecule has 0 spiro atoms. The Hall–Kier alpha value is -3.10. The van der Waals surface area contributed by atoms with E-state index in [2.05, 4.69) is 10.6 Å². The summed E-state index contributed by atoms with van der Waals surface area (Å²) in [6.07, 6.45) is 1.20. The third-order valence-corrected chi connectivity index (χ3v) is 5.54. The van der Waals surface area contributed by atoms with Gasteiger partial charge in [0.25, 0.3) is 0 Å². The van der Waals surface area contributed by atoms with Crippen molar-refractivity contribution in [2.75, 3.05) is 6.54 Å². The monoisotopic (exact) mass is 474 g/mol. The molecule has 4 amide bonds. The summed E-state index contributed by atoms with van der Waals surface area (Å²) in [4.78, 5) is 52.9. The van der Waals surface area contributed by atoms with E-state index in [1.54, 1.807) is 45.0 Å². The van der Waals surface area contributed by atoms with Crippen LogP contribution in [0.1, 0.15) is 71.9 Å². The molecule has 0 radical (unpaired) electrons. The Bertz CT molecular complexity index is 868. The zero-order valence-corrected chi connectivity index (χ0v) is 20.8. The molecule has 1 aliphatic carbocycles. The second-order valence-corrected chi connectivity index (χ2v) is 9.85. The number of rotatable bonds is 11. The number of amides is 4. The molecular formula is C25H38N4O5. The molecule has 1 aromatic carbocycles. The summed E-state index contributed by atoms with van der Waals surface area (Å²) < 4.78 is 5.28. The average molecular weight is 475 g/mol. The van der Waals surface area contributed by atoms with Gasteiger partial charge in [0.1, 0.15) is 17.7 Å². The number of alkyl carbamates (subject to hydrolysis) is 1. The SMILES string of the molecule is CCCCNC(=O)C(c1ccccc1)N(C(=O)C(CC(N)=O)NC(=O)OC(C)(C)C)C1CC1C. The van der Waals surface area contributed by atoms with Crippen molar-refractivity contribution in [3.63, 3.8) is 0 Å². The number of ether oxygens (including phenoxy) is 1. The second-order valence-electron chi connectivity index (χ2n) is 9.85. The standard InChI is InChI=1S/C25H38N4O5/c1-6-7-13-27-22(31)21(17-11-9-8-10-12-17)29(19-14-16(19)2)23(32)18(15-20(26)30)28-24(33)34-25(3,4)5/h8-12,16,18-19,21H,6-7,13-15H2,1-5H3,(H2,26,30)(H,27,31)(H,28,33). The maximum Gasteiger partial charge on any atom is 0.408 e. The molecule has 0 saturated heterocycles. The second kappa shape index (κ2) is 11.9. The minimum atomic E-state index is -1.25. The van der Waals surface area contributed by atoms with Crippen LogP contribution in [0.15, 0.2) is 30.3 Å². The van der Waals surface area contributed by atoms with Crippen molar-refractivity contribution in [3.8, 4) is 0 Å². The van der Waals surface area contributed by atoms with Crippen molar-refractivity contribution in [1.82, 2.24) is 15.5 Å². The van der Waals surface area contributed by atoms with Gasteiger partial charge in [0.15, 0.2) is 0 Å². The van der Waals surface area contributed by atoms with Gasteiger partial charge >= 0.3 is 6.09 Å². The smallest absolute Gasteiger partial charge is 0.408 e. The first-order chi connectivity index (χ1) is 15.9. The van der Waals surface area contributed by atoms with Crippen molar-refractivity contribution in [3.05, 3.63) is 35.9 Å². The van der Waals surface area contributed by atoms with Gasteiger partial charge in [0.05, 0.1) is 6.42 Å². The van der Waals surface area contributed by atoms with Gasteiger partial charge in [-0.3, -0.25) is 14.4 Å². The van der Waals surface area contributed by atoms with E-state index in [-0.39, 0.29) is 17.9 Å². The molecule has 0 aromatic heterocycles. The summed E-state index contributed by atoms with van der Waals surface area (Å²) in [5.74, 6) is -1.42. The van der Waals surface area contributed by atoms with Gasteiger partial charge in [-0.05, 0) is 45.1 Å². The highest BCUT2D eigenvalue weighted by Gasteiger charge is 2.48. The van der Waals surface area contributed by atoms with E-state index in [1.165, 1.54) is 4.90 Å². The lowest BCUT2D eigenvalue weighted by Gasteiger charge is -2.34. The van der Waals surface area contributed by atoms with E-state index >= 15 is 0 Å². The summed E-state index contributed by atoms with van der Waals surface area (Å²) in [6, 6.07) is 6.67. The van der Waals surface area contributed by atoms with Crippen molar-refractivity contribution in [1.29, 1.82) is 0 Å². The fraction of sp³-hybridized carbons (Fsp3) is 0.600. The van der Waals surface area contributed by atoms with Crippen LogP contribution in [0.4, 0.5) is 4.79 Å². The van der Waals surface area contributed by atoms with Gasteiger partial charge in [-0.25, -0.2) is 4.79 Å². The number of nitrogens with one attached hydrogen (secondary N) is 2. The van der Waals surface area contributed by atoms with Gasteiger partial charge < -0.3 is 26.0 Å². The van der Waals surface area contributed by atoms with Crippen molar-refractivity contribution < 1.29 is 23.9 Å². The Morgan fingerprint density at radius 1 is 1.18 bits per heavy atom. The molecule has 34 heavy (non-hydrogen) atoms. The van der Waals surface area contributed by atoms with E-state index in [0.29, 0.717) is 18.5 Å². The summed E-state index contributed by atoms with van der Waals surface area (Å²) in [5, 5.41) is 5.43. The zero-order valence-electron chi connectivity index (χ0n) is 20.8. The van der Waals surface area contributed by atoms with Crippen LogP contribution in [-0.4, -0.2) is 52.9 Å². The summed E-state index contributed by atoms with van der Waals surface area (Å²) >= 11 is 0. The van der Waals surface area contributed by atoms with E-state index < -0.39 is 42.0 Å². The first-order valence-corrected chi connectivity index (χ1v) is 11.9. The number of primary amides is 1. The van der Waals surface area contributed by atoms with Crippen LogP contribution in [-0.2, 0) is 19.1 Å². The molecule has 4 atom stereocenters. The Labute approximate surface area is 201 Å². The topological polar surface area (TPSA) is 131 Å². The molecular weight excluding hydrogens is 436 g/mol. The molecule has 0 bridgehead atoms. The van der Waals surface area contributed by atoms with E-state index in [1.807, 2.05) is 19.9 Å². The number of unbranched alkanes of at least 4 members (excludes halogenated alkanes) is 1. The molecule has 9 heteroatoms. The number of carbonyl (C=O) groups is 4. The number of hydrogen-bond acceptors (Lipinski definition) is 5. The fourth-order valence-corrected chi connectivity index (χ4v) is 3.76. The highest BCUT2D eigenvalue weighted by Crippen LogP contribution is 2.40. The van der Waals surface area contributed by atoms with Crippen LogP contribution in [0, 0.1) is 5.92 Å². The Balaban J connectivity index is 2.41. The predicted molar refractivity (Wildman–Crippen MR) is 128 cm³/mol. The largest absolute Gasteiger partial charge is 0.444 e. The summed E-state index contributed by atoms with van der Waals surface area (Å²) in [7, 11) is 0. The molecule has 1 saturated carbocycles. The van der Waals surface area contributed by atoms with E-state index in [9.17, 15) is 19.2 Å². The molecule has 0 heterocycles. The summed E-state index contributed by atoms with van der Waals surface area (Å²) in [6.45, 7) is 9.60. The summed E-state index contributed by atoms with van der Waals surface area (Å²) in [5.41, 5.74) is 5.26. The van der Waals surface area contributed by atoms with Crippen molar-refractivity contribution >= 4 is 23.8 Å². The third kappa shape index (κ3) is 8.04. The zero-order chi connectivity index (χ0) is 25.5. The van der Waals surface area contributed by atoms with Crippen molar-refractivity contribution in [2.24, 2.45) is 11.7 Å². The lowest BCUT2D eigenvalue weighted by atomic mass is 10.0. The first-order valence-electron chi connectivity index (χ1n) is 11.9. The molecule has 1 aliphatic rings. The van der Waals surface area contributed by atoms with Gasteiger partial charge in [-0.15, -0.1) is 0 Å². The quantitative estimate of drug-likeness (QED) is 0.424.